The molecule has 0 aliphatic carbocycles. The first-order valence-corrected chi connectivity index (χ1v) is 10.9. The van der Waals surface area contributed by atoms with Gasteiger partial charge in [-0.1, -0.05) is 58.2 Å². The molecule has 9 heteroatoms. The Morgan fingerprint density at radius 2 is 1.61 bits per heavy atom. The number of aryl methyl sites for hydroxylation is 1. The number of nitrogens with one attached hydrogen (secondary N) is 1. The zero-order chi connectivity index (χ0) is 22.1. The highest BCUT2D eigenvalue weighted by Crippen LogP contribution is 2.37. The van der Waals surface area contributed by atoms with Gasteiger partial charge in [-0.25, -0.2) is 0 Å². The lowest BCUT2D eigenvalue weighted by molar-refractivity contribution is 0.0851. The molecule has 0 bridgehead atoms. The number of hydrogen-bond donors (Lipinski definition) is 1. The van der Waals surface area contributed by atoms with Crippen molar-refractivity contribution in [3.63, 3.8) is 0 Å². The largest absolute Gasteiger partial charge is 0.360 e. The van der Waals surface area contributed by atoms with Crippen molar-refractivity contribution >= 4 is 58.0 Å². The van der Waals surface area contributed by atoms with Crippen LogP contribution in [0.3, 0.4) is 0 Å². The standard InChI is InChI=1S/C22H13Cl3N2O3S/c1-11-18(20(27-30-11)19-14(24)3-2-4-15(19)25)22(29)26-21(28)17-10-9-16(31-17)12-5-7-13(23)8-6-12/h2-10H,1H3,(H,26,28,29). The minimum absolute atomic E-state index is 0.0952. The molecular formula is C22H13Cl3N2O3S. The monoisotopic (exact) mass is 490 g/mol. The lowest BCUT2D eigenvalue weighted by Crippen LogP contribution is -2.30. The molecule has 0 fully saturated rings. The van der Waals surface area contributed by atoms with E-state index in [0.29, 0.717) is 25.5 Å². The SMILES string of the molecule is Cc1onc(-c2c(Cl)cccc2Cl)c1C(=O)NC(=O)c1ccc(-c2ccc(Cl)cc2)s1. The third kappa shape index (κ3) is 4.38. The molecule has 0 saturated heterocycles. The van der Waals surface area contributed by atoms with E-state index >= 15 is 0 Å². The molecule has 2 aromatic carbocycles. The number of carbonyl (C=O) groups is 2. The zero-order valence-corrected chi connectivity index (χ0v) is 19.0. The van der Waals surface area contributed by atoms with Crippen LogP contribution in [0.15, 0.2) is 59.1 Å². The number of thiophene rings is 1. The van der Waals surface area contributed by atoms with E-state index in [1.165, 1.54) is 11.3 Å². The third-order valence-corrected chi connectivity index (χ3v) is 6.49. The van der Waals surface area contributed by atoms with Crippen molar-refractivity contribution in [3.05, 3.63) is 85.9 Å². The van der Waals surface area contributed by atoms with Gasteiger partial charge in [-0.2, -0.15) is 0 Å². The predicted molar refractivity (Wildman–Crippen MR) is 123 cm³/mol. The maximum absolute atomic E-state index is 12.9. The molecule has 0 aliphatic heterocycles. The Labute approximate surface area is 196 Å². The van der Waals surface area contributed by atoms with Crippen LogP contribution in [-0.4, -0.2) is 17.0 Å². The summed E-state index contributed by atoms with van der Waals surface area (Å²) < 4.78 is 5.19. The summed E-state index contributed by atoms with van der Waals surface area (Å²) in [6.07, 6.45) is 0. The fraction of sp³-hybridized carbons (Fsp3) is 0.0455. The Balaban J connectivity index is 1.59. The Kier molecular flexibility index (Phi) is 6.16. The molecule has 0 saturated carbocycles. The second-order valence-corrected chi connectivity index (χ2v) is 8.85. The van der Waals surface area contributed by atoms with Crippen molar-refractivity contribution in [1.29, 1.82) is 0 Å². The van der Waals surface area contributed by atoms with Gasteiger partial charge in [-0.3, -0.25) is 14.9 Å². The van der Waals surface area contributed by atoms with Crippen molar-refractivity contribution in [2.45, 2.75) is 6.92 Å². The maximum Gasteiger partial charge on any atom is 0.268 e. The minimum atomic E-state index is -0.656. The molecule has 0 spiro atoms. The Hall–Kier alpha value is -2.64. The number of nitrogens with zero attached hydrogens (tertiary/aromatic N) is 1. The van der Waals surface area contributed by atoms with Crippen LogP contribution in [0.4, 0.5) is 0 Å². The molecule has 31 heavy (non-hydrogen) atoms. The Morgan fingerprint density at radius 1 is 0.935 bits per heavy atom. The molecule has 0 unspecified atom stereocenters. The number of carbonyl (C=O) groups excluding carboxylic acids is 2. The van der Waals surface area contributed by atoms with Gasteiger partial charge >= 0.3 is 0 Å². The molecule has 4 aromatic rings. The highest BCUT2D eigenvalue weighted by molar-refractivity contribution is 7.17. The second kappa shape index (κ2) is 8.85. The fourth-order valence-corrected chi connectivity index (χ4v) is 4.60. The lowest BCUT2D eigenvalue weighted by Gasteiger charge is -2.07. The van der Waals surface area contributed by atoms with E-state index in [1.54, 1.807) is 43.3 Å². The van der Waals surface area contributed by atoms with Crippen LogP contribution in [0.1, 0.15) is 25.8 Å². The van der Waals surface area contributed by atoms with Gasteiger partial charge in [-0.15, -0.1) is 11.3 Å². The normalized spacial score (nSPS) is 10.8. The summed E-state index contributed by atoms with van der Waals surface area (Å²) in [7, 11) is 0. The summed E-state index contributed by atoms with van der Waals surface area (Å²) in [5.74, 6) is -0.951. The van der Waals surface area contributed by atoms with Gasteiger partial charge in [0.05, 0.1) is 14.9 Å². The molecule has 1 N–H and O–H groups in total. The fourth-order valence-electron chi connectivity index (χ4n) is 2.99. The van der Waals surface area contributed by atoms with Gasteiger partial charge in [0.1, 0.15) is 17.0 Å². The molecule has 0 atom stereocenters. The van der Waals surface area contributed by atoms with E-state index in [4.69, 9.17) is 39.3 Å². The zero-order valence-electron chi connectivity index (χ0n) is 15.9. The van der Waals surface area contributed by atoms with Crippen LogP contribution in [-0.2, 0) is 0 Å². The highest BCUT2D eigenvalue weighted by atomic mass is 35.5. The summed E-state index contributed by atoms with van der Waals surface area (Å²) in [6.45, 7) is 1.57. The van der Waals surface area contributed by atoms with Crippen molar-refractivity contribution in [2.24, 2.45) is 0 Å². The average Bonchev–Trinajstić information content (AvgIpc) is 3.36. The van der Waals surface area contributed by atoms with Gasteiger partial charge in [0.25, 0.3) is 11.8 Å². The smallest absolute Gasteiger partial charge is 0.268 e. The number of hydrogen-bond acceptors (Lipinski definition) is 5. The number of aromatic nitrogens is 1. The lowest BCUT2D eigenvalue weighted by atomic mass is 10.1. The van der Waals surface area contributed by atoms with E-state index < -0.39 is 11.8 Å². The molecule has 4 rings (SSSR count). The van der Waals surface area contributed by atoms with E-state index in [9.17, 15) is 9.59 Å². The van der Waals surface area contributed by atoms with Crippen LogP contribution in [0.25, 0.3) is 21.7 Å². The third-order valence-electron chi connectivity index (χ3n) is 4.47. The average molecular weight is 492 g/mol. The molecule has 0 radical (unpaired) electrons. The summed E-state index contributed by atoms with van der Waals surface area (Å²) in [5, 5.41) is 7.57. The van der Waals surface area contributed by atoms with Gasteiger partial charge in [-0.05, 0) is 48.9 Å². The van der Waals surface area contributed by atoms with Crippen molar-refractivity contribution in [1.82, 2.24) is 10.5 Å². The molecule has 2 amide bonds. The maximum atomic E-state index is 12.9. The van der Waals surface area contributed by atoms with E-state index in [-0.39, 0.29) is 17.0 Å². The number of rotatable bonds is 4. The van der Waals surface area contributed by atoms with Crippen LogP contribution < -0.4 is 5.32 Å². The number of halogens is 3. The second-order valence-electron chi connectivity index (χ2n) is 6.51. The molecule has 5 nitrogen and oxygen atoms in total. The van der Waals surface area contributed by atoms with Crippen molar-refractivity contribution < 1.29 is 14.1 Å². The molecule has 2 aromatic heterocycles. The summed E-state index contributed by atoms with van der Waals surface area (Å²) >= 11 is 19.7. The Morgan fingerprint density at radius 3 is 2.29 bits per heavy atom. The van der Waals surface area contributed by atoms with Gasteiger partial charge in [0.15, 0.2) is 0 Å². The van der Waals surface area contributed by atoms with Crippen molar-refractivity contribution in [3.8, 4) is 21.7 Å². The molecule has 156 valence electrons. The topological polar surface area (TPSA) is 72.2 Å². The first-order valence-electron chi connectivity index (χ1n) is 8.97. The number of benzene rings is 2. The molecule has 2 heterocycles. The summed E-state index contributed by atoms with van der Waals surface area (Å²) in [5.41, 5.74) is 1.55. The quantitative estimate of drug-likeness (QED) is 0.315. The summed E-state index contributed by atoms with van der Waals surface area (Å²) in [6, 6.07) is 15.7. The van der Waals surface area contributed by atoms with Crippen LogP contribution in [0.2, 0.25) is 15.1 Å². The summed E-state index contributed by atoms with van der Waals surface area (Å²) in [4.78, 5) is 26.9. The molecular weight excluding hydrogens is 479 g/mol. The minimum Gasteiger partial charge on any atom is -0.360 e. The van der Waals surface area contributed by atoms with Crippen LogP contribution in [0, 0.1) is 6.92 Å². The Bertz CT molecular complexity index is 1280. The van der Waals surface area contributed by atoms with Crippen molar-refractivity contribution in [2.75, 3.05) is 0 Å². The first-order chi connectivity index (χ1) is 14.8. The van der Waals surface area contributed by atoms with E-state index in [2.05, 4.69) is 10.5 Å². The van der Waals surface area contributed by atoms with Gasteiger partial charge < -0.3 is 4.52 Å². The number of amides is 2. The van der Waals surface area contributed by atoms with Crippen LogP contribution in [0.5, 0.6) is 0 Å². The predicted octanol–water partition coefficient (Wildman–Crippen LogP) is 6.91. The highest BCUT2D eigenvalue weighted by Gasteiger charge is 2.26. The van der Waals surface area contributed by atoms with E-state index in [0.717, 1.165) is 10.4 Å². The first kappa shape index (κ1) is 21.6. The number of imide groups is 1. The molecule has 0 aliphatic rings. The van der Waals surface area contributed by atoms with Gasteiger partial charge in [0, 0.05) is 15.5 Å². The van der Waals surface area contributed by atoms with Crippen LogP contribution >= 0.6 is 46.1 Å². The van der Waals surface area contributed by atoms with E-state index in [1.807, 2.05) is 18.2 Å². The van der Waals surface area contributed by atoms with Gasteiger partial charge in [0.2, 0.25) is 0 Å².